The van der Waals surface area contributed by atoms with Crippen LogP contribution in [0.5, 0.6) is 0 Å². The van der Waals surface area contributed by atoms with Crippen LogP contribution in [-0.2, 0) is 0 Å². The average molecular weight is 300 g/mol. The van der Waals surface area contributed by atoms with Gasteiger partial charge in [0.25, 0.3) is 0 Å². The number of benzene rings is 1. The summed E-state index contributed by atoms with van der Waals surface area (Å²) >= 11 is 5.60. The van der Waals surface area contributed by atoms with Crippen molar-refractivity contribution in [2.75, 3.05) is 11.5 Å². The molecule has 1 N–H and O–H groups in total. The van der Waals surface area contributed by atoms with Gasteiger partial charge in [0, 0.05) is 22.3 Å². The molecule has 2 unspecified atom stereocenters. The topological polar surface area (TPSA) is 12.0 Å². The molecule has 1 nitrogen and oxygen atoms in total. The summed E-state index contributed by atoms with van der Waals surface area (Å²) in [6, 6.07) is 9.85. The van der Waals surface area contributed by atoms with Crippen LogP contribution in [0.15, 0.2) is 28.7 Å². The molecule has 0 radical (unpaired) electrons. The minimum absolute atomic E-state index is 0.501. The van der Waals surface area contributed by atoms with E-state index in [1.54, 1.807) is 0 Å². The molecular weight excluding hydrogens is 282 g/mol. The van der Waals surface area contributed by atoms with Crippen LogP contribution in [0, 0.1) is 0 Å². The first kappa shape index (κ1) is 12.5. The predicted octanol–water partition coefficient (Wildman–Crippen LogP) is 4.00. The summed E-state index contributed by atoms with van der Waals surface area (Å²) in [5.41, 5.74) is 1.40. The Morgan fingerprint density at radius 1 is 1.56 bits per heavy atom. The van der Waals surface area contributed by atoms with Crippen molar-refractivity contribution < 1.29 is 0 Å². The highest BCUT2D eigenvalue weighted by Crippen LogP contribution is 2.24. The molecule has 1 fully saturated rings. The highest BCUT2D eigenvalue weighted by atomic mass is 79.9. The Kier molecular flexibility index (Phi) is 4.74. The van der Waals surface area contributed by atoms with Crippen molar-refractivity contribution >= 4 is 27.7 Å². The van der Waals surface area contributed by atoms with Crippen LogP contribution in [-0.4, -0.2) is 17.5 Å². The Balaban J connectivity index is 2.03. The van der Waals surface area contributed by atoms with E-state index in [0.717, 1.165) is 6.42 Å². The van der Waals surface area contributed by atoms with Crippen LogP contribution in [0.4, 0.5) is 0 Å². The van der Waals surface area contributed by atoms with Crippen molar-refractivity contribution in [1.82, 2.24) is 5.32 Å². The highest BCUT2D eigenvalue weighted by Gasteiger charge is 2.19. The fourth-order valence-corrected chi connectivity index (χ4v) is 3.71. The Morgan fingerprint density at radius 3 is 3.06 bits per heavy atom. The van der Waals surface area contributed by atoms with Gasteiger partial charge in [0.15, 0.2) is 0 Å². The van der Waals surface area contributed by atoms with Crippen LogP contribution >= 0.6 is 27.7 Å². The Labute approximate surface area is 111 Å². The molecule has 1 aliphatic heterocycles. The van der Waals surface area contributed by atoms with E-state index in [0.29, 0.717) is 12.1 Å². The standard InChI is InChI=1S/C13H18BrNS/c1-2-13(15-12-6-7-16-9-12)10-4-3-5-11(14)8-10/h3-5,8,12-13,15H,2,6-7,9H2,1H3. The van der Waals surface area contributed by atoms with Crippen LogP contribution < -0.4 is 5.32 Å². The van der Waals surface area contributed by atoms with E-state index in [-0.39, 0.29) is 0 Å². The first-order valence-corrected chi connectivity index (χ1v) is 7.83. The van der Waals surface area contributed by atoms with Gasteiger partial charge in [-0.25, -0.2) is 0 Å². The minimum Gasteiger partial charge on any atom is -0.306 e. The molecule has 0 aromatic heterocycles. The molecule has 1 aromatic carbocycles. The molecule has 16 heavy (non-hydrogen) atoms. The van der Waals surface area contributed by atoms with E-state index in [9.17, 15) is 0 Å². The summed E-state index contributed by atoms with van der Waals surface area (Å²) in [5, 5.41) is 3.77. The van der Waals surface area contributed by atoms with E-state index in [4.69, 9.17) is 0 Å². The maximum absolute atomic E-state index is 3.77. The van der Waals surface area contributed by atoms with Gasteiger partial charge in [-0.3, -0.25) is 0 Å². The van der Waals surface area contributed by atoms with Crippen molar-refractivity contribution in [3.05, 3.63) is 34.3 Å². The lowest BCUT2D eigenvalue weighted by molar-refractivity contribution is 0.451. The fraction of sp³-hybridized carbons (Fsp3) is 0.538. The van der Waals surface area contributed by atoms with Crippen molar-refractivity contribution in [2.45, 2.75) is 31.8 Å². The van der Waals surface area contributed by atoms with E-state index in [2.05, 4.69) is 64.2 Å². The van der Waals surface area contributed by atoms with Gasteiger partial charge in [-0.05, 0) is 36.3 Å². The van der Waals surface area contributed by atoms with Gasteiger partial charge in [0.1, 0.15) is 0 Å². The van der Waals surface area contributed by atoms with Crippen molar-refractivity contribution in [3.8, 4) is 0 Å². The van der Waals surface area contributed by atoms with E-state index in [1.807, 2.05) is 0 Å². The summed E-state index contributed by atoms with van der Waals surface area (Å²) in [5.74, 6) is 2.58. The van der Waals surface area contributed by atoms with Gasteiger partial charge in [0.05, 0.1) is 0 Å². The molecule has 0 saturated carbocycles. The van der Waals surface area contributed by atoms with E-state index < -0.39 is 0 Å². The van der Waals surface area contributed by atoms with E-state index in [1.165, 1.54) is 28.0 Å². The molecule has 1 heterocycles. The van der Waals surface area contributed by atoms with Crippen LogP contribution in [0.25, 0.3) is 0 Å². The van der Waals surface area contributed by atoms with Gasteiger partial charge in [-0.2, -0.15) is 11.8 Å². The molecule has 3 heteroatoms. The molecule has 2 atom stereocenters. The summed E-state index contributed by atoms with van der Waals surface area (Å²) in [6.45, 7) is 2.25. The molecule has 88 valence electrons. The van der Waals surface area contributed by atoms with Gasteiger partial charge < -0.3 is 5.32 Å². The van der Waals surface area contributed by atoms with Crippen LogP contribution in [0.1, 0.15) is 31.4 Å². The number of thioether (sulfide) groups is 1. The molecule has 1 saturated heterocycles. The Morgan fingerprint density at radius 2 is 2.44 bits per heavy atom. The van der Waals surface area contributed by atoms with Gasteiger partial charge in [-0.15, -0.1) is 0 Å². The smallest absolute Gasteiger partial charge is 0.0320 e. The highest BCUT2D eigenvalue weighted by molar-refractivity contribution is 9.10. The minimum atomic E-state index is 0.501. The summed E-state index contributed by atoms with van der Waals surface area (Å²) in [7, 11) is 0. The number of hydrogen-bond donors (Lipinski definition) is 1. The lowest BCUT2D eigenvalue weighted by atomic mass is 10.0. The maximum atomic E-state index is 3.77. The van der Waals surface area contributed by atoms with Crippen LogP contribution in [0.3, 0.4) is 0 Å². The van der Waals surface area contributed by atoms with Crippen molar-refractivity contribution in [1.29, 1.82) is 0 Å². The first-order valence-electron chi connectivity index (χ1n) is 5.89. The Bertz CT molecular complexity index is 336. The number of rotatable bonds is 4. The third-order valence-electron chi connectivity index (χ3n) is 3.03. The zero-order valence-corrected chi connectivity index (χ0v) is 12.0. The average Bonchev–Trinajstić information content (AvgIpc) is 2.78. The molecule has 0 bridgehead atoms. The molecule has 2 rings (SSSR count). The Hall–Kier alpha value is 0.01000. The molecule has 0 aliphatic carbocycles. The van der Waals surface area contributed by atoms with Crippen molar-refractivity contribution in [2.24, 2.45) is 0 Å². The summed E-state index contributed by atoms with van der Waals surface area (Å²) in [6.07, 6.45) is 2.47. The first-order chi connectivity index (χ1) is 7.79. The van der Waals surface area contributed by atoms with E-state index >= 15 is 0 Å². The monoisotopic (exact) mass is 299 g/mol. The molecular formula is C13H18BrNS. The zero-order valence-electron chi connectivity index (χ0n) is 9.58. The lowest BCUT2D eigenvalue weighted by Gasteiger charge is -2.22. The quantitative estimate of drug-likeness (QED) is 0.902. The largest absolute Gasteiger partial charge is 0.306 e. The number of nitrogens with one attached hydrogen (secondary N) is 1. The number of hydrogen-bond acceptors (Lipinski definition) is 2. The van der Waals surface area contributed by atoms with Gasteiger partial charge >= 0.3 is 0 Å². The molecule has 1 aliphatic rings. The van der Waals surface area contributed by atoms with Gasteiger partial charge in [0.2, 0.25) is 0 Å². The van der Waals surface area contributed by atoms with Crippen LogP contribution in [0.2, 0.25) is 0 Å². The number of halogens is 1. The lowest BCUT2D eigenvalue weighted by Crippen LogP contribution is -2.32. The van der Waals surface area contributed by atoms with Crippen molar-refractivity contribution in [3.63, 3.8) is 0 Å². The normalized spacial score (nSPS) is 22.2. The third-order valence-corrected chi connectivity index (χ3v) is 4.68. The molecule has 0 amide bonds. The molecule has 0 spiro atoms. The third kappa shape index (κ3) is 3.25. The maximum Gasteiger partial charge on any atom is 0.0320 e. The predicted molar refractivity (Wildman–Crippen MR) is 76.0 cm³/mol. The SMILES string of the molecule is CCC(NC1CCSC1)c1cccc(Br)c1. The molecule has 1 aromatic rings. The second-order valence-electron chi connectivity index (χ2n) is 4.24. The summed E-state index contributed by atoms with van der Waals surface area (Å²) in [4.78, 5) is 0. The van der Waals surface area contributed by atoms with Gasteiger partial charge in [-0.1, -0.05) is 35.0 Å². The fourth-order valence-electron chi connectivity index (χ4n) is 2.12. The second-order valence-corrected chi connectivity index (χ2v) is 6.31. The second kappa shape index (κ2) is 6.08. The summed E-state index contributed by atoms with van der Waals surface area (Å²) < 4.78 is 1.17. The zero-order chi connectivity index (χ0) is 11.4.